The number of carbonyl (C=O) groups excluding carboxylic acids is 1. The minimum atomic E-state index is -0.546. The van der Waals surface area contributed by atoms with E-state index in [1.807, 2.05) is 23.6 Å². The van der Waals surface area contributed by atoms with E-state index in [0.717, 1.165) is 24.3 Å². The van der Waals surface area contributed by atoms with Crippen LogP contribution < -0.4 is 10.3 Å². The molecule has 5 nitrogen and oxygen atoms in total. The molecule has 0 spiro atoms. The molecule has 0 bridgehead atoms. The lowest BCUT2D eigenvalue weighted by Gasteiger charge is -2.29. The number of esters is 1. The number of benzene rings is 1. The van der Waals surface area contributed by atoms with Gasteiger partial charge in [-0.2, -0.15) is 0 Å². The molecule has 2 heterocycles. The molecule has 3 rings (SSSR count). The molecule has 0 atom stereocenters. The van der Waals surface area contributed by atoms with Crippen molar-refractivity contribution in [1.29, 1.82) is 0 Å². The van der Waals surface area contributed by atoms with Crippen molar-refractivity contribution in [2.24, 2.45) is 0 Å². The van der Waals surface area contributed by atoms with Gasteiger partial charge in [-0.05, 0) is 51.3 Å². The van der Waals surface area contributed by atoms with Gasteiger partial charge in [0.1, 0.15) is 5.56 Å². The van der Waals surface area contributed by atoms with Gasteiger partial charge in [0.2, 0.25) is 5.43 Å². The topological polar surface area (TPSA) is 51.5 Å². The summed E-state index contributed by atoms with van der Waals surface area (Å²) < 4.78 is 6.97. The predicted molar refractivity (Wildman–Crippen MR) is 95.9 cm³/mol. The highest BCUT2D eigenvalue weighted by Crippen LogP contribution is 2.24. The van der Waals surface area contributed by atoms with Gasteiger partial charge < -0.3 is 14.2 Å². The van der Waals surface area contributed by atoms with Crippen LogP contribution in [0.2, 0.25) is 0 Å². The first-order valence-electron chi connectivity index (χ1n) is 8.75. The third kappa shape index (κ3) is 3.03. The van der Waals surface area contributed by atoms with Gasteiger partial charge in [0.05, 0.1) is 12.1 Å². The molecule has 1 aliphatic rings. The zero-order valence-electron chi connectivity index (χ0n) is 14.4. The van der Waals surface area contributed by atoms with Gasteiger partial charge >= 0.3 is 5.97 Å². The molecule has 0 aliphatic carbocycles. The molecule has 0 radical (unpaired) electrons. The molecule has 0 N–H and O–H groups in total. The molecule has 5 heteroatoms. The van der Waals surface area contributed by atoms with E-state index in [-0.39, 0.29) is 17.6 Å². The van der Waals surface area contributed by atoms with Crippen molar-refractivity contribution < 1.29 is 9.53 Å². The highest BCUT2D eigenvalue weighted by Gasteiger charge is 2.18. The van der Waals surface area contributed by atoms with Crippen LogP contribution in [0.25, 0.3) is 10.9 Å². The summed E-state index contributed by atoms with van der Waals surface area (Å²) in [6.07, 6.45) is 5.24. The molecule has 1 saturated heterocycles. The van der Waals surface area contributed by atoms with E-state index >= 15 is 0 Å². The Bertz CT molecular complexity index is 804. The number of rotatable bonds is 4. The van der Waals surface area contributed by atoms with E-state index in [0.29, 0.717) is 11.9 Å². The molecular weight excluding hydrogens is 304 g/mol. The molecule has 1 aliphatic heterocycles. The summed E-state index contributed by atoms with van der Waals surface area (Å²) in [5.74, 6) is -0.546. The lowest BCUT2D eigenvalue weighted by Crippen LogP contribution is -2.29. The Morgan fingerprint density at radius 3 is 2.58 bits per heavy atom. The minimum absolute atomic E-state index is 0.113. The lowest BCUT2D eigenvalue weighted by molar-refractivity contribution is 0.0524. The molecule has 0 unspecified atom stereocenters. The van der Waals surface area contributed by atoms with Gasteiger partial charge in [-0.1, -0.05) is 0 Å². The van der Waals surface area contributed by atoms with E-state index in [2.05, 4.69) is 11.0 Å². The van der Waals surface area contributed by atoms with Gasteiger partial charge in [-0.3, -0.25) is 4.79 Å². The van der Waals surface area contributed by atoms with Crippen molar-refractivity contribution in [3.63, 3.8) is 0 Å². The minimum Gasteiger partial charge on any atom is -0.462 e. The summed E-state index contributed by atoms with van der Waals surface area (Å²) >= 11 is 0. The van der Waals surface area contributed by atoms with E-state index in [1.165, 1.54) is 19.3 Å². The molecule has 0 saturated carbocycles. The number of hydrogen-bond acceptors (Lipinski definition) is 4. The lowest BCUT2D eigenvalue weighted by atomic mass is 10.1. The number of aromatic nitrogens is 1. The standard InChI is InChI=1S/C19H24N2O3/c1-3-20-13-16(19(23)24-4-2)18(22)15-12-14(8-9-17(15)20)21-10-6-5-7-11-21/h8-9,12-13H,3-7,10-11H2,1-2H3. The number of carbonyl (C=O) groups is 1. The molecule has 1 fully saturated rings. The molecule has 24 heavy (non-hydrogen) atoms. The average molecular weight is 328 g/mol. The maximum Gasteiger partial charge on any atom is 0.343 e. The SMILES string of the molecule is CCOC(=O)c1cn(CC)c2ccc(N3CCCCC3)cc2c1=O. The van der Waals surface area contributed by atoms with Gasteiger partial charge in [0.15, 0.2) is 0 Å². The molecule has 2 aromatic rings. The van der Waals surface area contributed by atoms with Gasteiger partial charge in [0.25, 0.3) is 0 Å². The second-order valence-corrected chi connectivity index (χ2v) is 6.13. The van der Waals surface area contributed by atoms with Crippen LogP contribution in [0.15, 0.2) is 29.2 Å². The summed E-state index contributed by atoms with van der Waals surface area (Å²) in [4.78, 5) is 27.2. The van der Waals surface area contributed by atoms with E-state index in [4.69, 9.17) is 4.74 Å². The fourth-order valence-electron chi connectivity index (χ4n) is 3.35. The second kappa shape index (κ2) is 7.07. The number of hydrogen-bond donors (Lipinski definition) is 0. The number of ether oxygens (including phenoxy) is 1. The van der Waals surface area contributed by atoms with Crippen LogP contribution in [-0.4, -0.2) is 30.2 Å². The number of fused-ring (bicyclic) bond motifs is 1. The van der Waals surface area contributed by atoms with Crippen molar-refractivity contribution in [2.75, 3.05) is 24.6 Å². The van der Waals surface area contributed by atoms with Crippen LogP contribution in [0.3, 0.4) is 0 Å². The first-order chi connectivity index (χ1) is 11.7. The first-order valence-corrected chi connectivity index (χ1v) is 8.75. The third-order valence-electron chi connectivity index (χ3n) is 4.62. The molecule has 1 aromatic heterocycles. The van der Waals surface area contributed by atoms with Crippen LogP contribution in [-0.2, 0) is 11.3 Å². The Morgan fingerprint density at radius 2 is 1.92 bits per heavy atom. The summed E-state index contributed by atoms with van der Waals surface area (Å²) in [5.41, 5.74) is 1.79. The van der Waals surface area contributed by atoms with Crippen LogP contribution in [0, 0.1) is 0 Å². The van der Waals surface area contributed by atoms with Crippen molar-refractivity contribution in [3.05, 3.63) is 40.2 Å². The summed E-state index contributed by atoms with van der Waals surface area (Å²) in [5, 5.41) is 0.588. The predicted octanol–water partition coefficient (Wildman–Crippen LogP) is 3.19. The zero-order chi connectivity index (χ0) is 17.1. The highest BCUT2D eigenvalue weighted by molar-refractivity contribution is 5.94. The van der Waals surface area contributed by atoms with E-state index < -0.39 is 5.97 Å². The summed E-state index contributed by atoms with van der Waals surface area (Å²) in [6.45, 7) is 6.72. The van der Waals surface area contributed by atoms with Crippen LogP contribution in [0.5, 0.6) is 0 Å². The number of anilines is 1. The molecule has 128 valence electrons. The fraction of sp³-hybridized carbons (Fsp3) is 0.474. The Hall–Kier alpha value is -2.30. The fourth-order valence-corrected chi connectivity index (χ4v) is 3.35. The monoisotopic (exact) mass is 328 g/mol. The van der Waals surface area contributed by atoms with Crippen molar-refractivity contribution in [3.8, 4) is 0 Å². The van der Waals surface area contributed by atoms with Crippen LogP contribution >= 0.6 is 0 Å². The maximum atomic E-state index is 12.8. The van der Waals surface area contributed by atoms with Gasteiger partial charge in [-0.25, -0.2) is 4.79 Å². The van der Waals surface area contributed by atoms with Crippen molar-refractivity contribution >= 4 is 22.6 Å². The van der Waals surface area contributed by atoms with Crippen molar-refractivity contribution in [1.82, 2.24) is 4.57 Å². The zero-order valence-corrected chi connectivity index (χ0v) is 14.4. The normalized spacial score (nSPS) is 14.8. The first kappa shape index (κ1) is 16.6. The largest absolute Gasteiger partial charge is 0.462 e. The van der Waals surface area contributed by atoms with Crippen LogP contribution in [0.1, 0.15) is 43.5 Å². The smallest absolute Gasteiger partial charge is 0.343 e. The Morgan fingerprint density at radius 1 is 1.17 bits per heavy atom. The highest BCUT2D eigenvalue weighted by atomic mass is 16.5. The Labute approximate surface area is 141 Å². The Balaban J connectivity index is 2.13. The third-order valence-corrected chi connectivity index (χ3v) is 4.62. The number of pyridine rings is 1. The van der Waals surface area contributed by atoms with E-state index in [9.17, 15) is 9.59 Å². The van der Waals surface area contributed by atoms with Gasteiger partial charge in [-0.15, -0.1) is 0 Å². The maximum absolute atomic E-state index is 12.8. The average Bonchev–Trinajstić information content (AvgIpc) is 2.63. The van der Waals surface area contributed by atoms with Crippen molar-refractivity contribution in [2.45, 2.75) is 39.7 Å². The molecular formula is C19H24N2O3. The number of nitrogens with zero attached hydrogens (tertiary/aromatic N) is 2. The number of aryl methyl sites for hydroxylation is 1. The number of piperidine rings is 1. The van der Waals surface area contributed by atoms with E-state index in [1.54, 1.807) is 13.1 Å². The Kier molecular flexibility index (Phi) is 4.88. The molecule has 0 amide bonds. The summed E-state index contributed by atoms with van der Waals surface area (Å²) in [6, 6.07) is 5.99. The second-order valence-electron chi connectivity index (χ2n) is 6.13. The summed E-state index contributed by atoms with van der Waals surface area (Å²) in [7, 11) is 0. The molecule has 1 aromatic carbocycles. The van der Waals surface area contributed by atoms with Gasteiger partial charge in [0, 0.05) is 36.9 Å². The van der Waals surface area contributed by atoms with Crippen LogP contribution in [0.4, 0.5) is 5.69 Å². The quantitative estimate of drug-likeness (QED) is 0.809.